The Morgan fingerprint density at radius 1 is 1.25 bits per heavy atom. The maximum Gasteiger partial charge on any atom is 0.229 e. The second kappa shape index (κ2) is 9.79. The molecule has 2 fully saturated rings. The van der Waals surface area contributed by atoms with Crippen LogP contribution in [0.4, 0.5) is 5.69 Å². The molecule has 1 amide bonds. The van der Waals surface area contributed by atoms with Crippen molar-refractivity contribution >= 4 is 17.6 Å². The molecule has 4 rings (SSSR count). The number of amides is 1. The van der Waals surface area contributed by atoms with Gasteiger partial charge in [-0.05, 0) is 63.1 Å². The number of hydrogen-bond acceptors (Lipinski definition) is 4. The van der Waals surface area contributed by atoms with E-state index in [2.05, 4.69) is 54.6 Å². The summed E-state index contributed by atoms with van der Waals surface area (Å²) < 4.78 is 0. The van der Waals surface area contributed by atoms with E-state index in [-0.39, 0.29) is 23.8 Å². The zero-order chi connectivity index (χ0) is 22.8. The zero-order valence-corrected chi connectivity index (χ0v) is 19.9. The van der Waals surface area contributed by atoms with E-state index in [9.17, 15) is 4.79 Å². The summed E-state index contributed by atoms with van der Waals surface area (Å²) in [5, 5.41) is 12.6. The minimum absolute atomic E-state index is 0.00188. The minimum Gasteiger partial charge on any atom is -0.369 e. The Balaban J connectivity index is 1.65. The van der Waals surface area contributed by atoms with E-state index in [0.717, 1.165) is 24.9 Å². The summed E-state index contributed by atoms with van der Waals surface area (Å²) in [6.45, 7) is 7.70. The van der Waals surface area contributed by atoms with Crippen LogP contribution in [0.2, 0.25) is 0 Å². The largest absolute Gasteiger partial charge is 0.369 e. The first-order chi connectivity index (χ1) is 15.4. The van der Waals surface area contributed by atoms with Crippen molar-refractivity contribution in [1.82, 2.24) is 15.3 Å². The number of likely N-dealkylation sites (tertiary alicyclic amines) is 1. The van der Waals surface area contributed by atoms with E-state index in [0.29, 0.717) is 24.7 Å². The van der Waals surface area contributed by atoms with E-state index >= 15 is 0 Å². The summed E-state index contributed by atoms with van der Waals surface area (Å²) in [5.41, 5.74) is 12.6. The van der Waals surface area contributed by atoms with Gasteiger partial charge in [-0.25, -0.2) is 5.43 Å². The molecule has 5 unspecified atom stereocenters. The van der Waals surface area contributed by atoms with Gasteiger partial charge in [0.15, 0.2) is 0 Å². The van der Waals surface area contributed by atoms with Gasteiger partial charge >= 0.3 is 0 Å². The highest BCUT2D eigenvalue weighted by molar-refractivity contribution is 5.96. The molecule has 0 aromatic heterocycles. The second-order valence-electron chi connectivity index (χ2n) is 9.97. The number of rotatable bonds is 6. The topological polar surface area (TPSA) is 97.5 Å². The lowest BCUT2D eigenvalue weighted by Crippen LogP contribution is -2.49. The number of benzene rings is 1. The van der Waals surface area contributed by atoms with Crippen LogP contribution >= 0.6 is 0 Å². The Morgan fingerprint density at radius 3 is 2.66 bits per heavy atom. The quantitative estimate of drug-likeness (QED) is 0.399. The van der Waals surface area contributed by atoms with Gasteiger partial charge in [-0.15, -0.1) is 0 Å². The molecule has 3 aliphatic rings. The number of nitrogens with zero attached hydrogens (tertiary/aromatic N) is 2. The molecule has 7 nitrogen and oxygen atoms in total. The third kappa shape index (κ3) is 4.50. The third-order valence-corrected chi connectivity index (χ3v) is 7.80. The van der Waals surface area contributed by atoms with Crippen molar-refractivity contribution in [1.29, 1.82) is 5.41 Å². The minimum atomic E-state index is -0.156. The number of carbonyl (C=O) groups excluding carboxylic acids is 1. The molecular formula is C25H40N6O. The summed E-state index contributed by atoms with van der Waals surface area (Å²) in [5.74, 6) is -0.0732. The molecule has 2 saturated heterocycles. The van der Waals surface area contributed by atoms with Crippen LogP contribution in [0.1, 0.15) is 82.9 Å². The Labute approximate surface area is 192 Å². The molecule has 3 aliphatic heterocycles. The van der Waals surface area contributed by atoms with Gasteiger partial charge in [0, 0.05) is 36.4 Å². The van der Waals surface area contributed by atoms with Crippen molar-refractivity contribution in [2.24, 2.45) is 11.7 Å². The zero-order valence-electron chi connectivity index (χ0n) is 19.9. The Kier molecular flexibility index (Phi) is 7.05. The molecule has 32 heavy (non-hydrogen) atoms. The molecule has 3 heterocycles. The van der Waals surface area contributed by atoms with Crippen LogP contribution in [0.15, 0.2) is 18.2 Å². The molecule has 0 bridgehead atoms. The monoisotopic (exact) mass is 440 g/mol. The first kappa shape index (κ1) is 23.1. The van der Waals surface area contributed by atoms with Gasteiger partial charge in [-0.2, -0.15) is 0 Å². The van der Waals surface area contributed by atoms with Gasteiger partial charge in [0.05, 0.1) is 5.92 Å². The highest BCUT2D eigenvalue weighted by Gasteiger charge is 2.40. The number of nitrogens with two attached hydrogens (primary N) is 1. The van der Waals surface area contributed by atoms with Crippen molar-refractivity contribution in [2.75, 3.05) is 11.9 Å². The molecule has 0 saturated carbocycles. The lowest BCUT2D eigenvalue weighted by Gasteiger charge is -2.45. The number of carbonyl (C=O) groups is 1. The van der Waals surface area contributed by atoms with Crippen LogP contribution in [0.5, 0.6) is 0 Å². The number of hydrogen-bond donors (Lipinski definition) is 4. The number of fused-ring (bicyclic) bond motifs is 1. The van der Waals surface area contributed by atoms with E-state index in [4.69, 9.17) is 11.1 Å². The number of anilines is 1. The fourth-order valence-electron chi connectivity index (χ4n) is 6.12. The maximum atomic E-state index is 13.0. The van der Waals surface area contributed by atoms with Gasteiger partial charge in [0.2, 0.25) is 11.9 Å². The molecule has 1 aromatic rings. The van der Waals surface area contributed by atoms with E-state index in [1.54, 1.807) is 5.01 Å². The van der Waals surface area contributed by atoms with Crippen molar-refractivity contribution in [2.45, 2.75) is 96.3 Å². The predicted octanol–water partition coefficient (Wildman–Crippen LogP) is 3.76. The van der Waals surface area contributed by atoms with E-state index in [1.807, 2.05) is 0 Å². The lowest BCUT2D eigenvalue weighted by atomic mass is 9.81. The van der Waals surface area contributed by atoms with Gasteiger partial charge in [-0.1, -0.05) is 38.3 Å². The highest BCUT2D eigenvalue weighted by Crippen LogP contribution is 2.41. The third-order valence-electron chi connectivity index (χ3n) is 7.80. The van der Waals surface area contributed by atoms with E-state index < -0.39 is 0 Å². The molecular weight excluding hydrogens is 400 g/mol. The SMILES string of the molecule is CCCCC(c1cccc2c1CC(C1CCN(C(=N)N)N1)C(=O)N2)N1C(C)CCCC1C. The Bertz CT molecular complexity index is 832. The molecule has 0 radical (unpaired) electrons. The average Bonchev–Trinajstić information content (AvgIpc) is 3.25. The molecule has 7 heteroatoms. The smallest absolute Gasteiger partial charge is 0.229 e. The standard InChI is InChI=1S/C25H40N6O/c1-4-5-12-23(31-16(2)8-6-9-17(31)3)18-10-7-11-21-19(18)15-20(24(32)28-21)22-13-14-30(29-22)25(26)27/h7,10-11,16-17,20,22-23,29H,4-6,8-9,12-15H2,1-3H3,(H3,26,27)(H,28,32). The van der Waals surface area contributed by atoms with Crippen molar-refractivity contribution < 1.29 is 4.79 Å². The van der Waals surface area contributed by atoms with Crippen LogP contribution in [0.3, 0.4) is 0 Å². The van der Waals surface area contributed by atoms with Gasteiger partial charge in [0.1, 0.15) is 0 Å². The number of unbranched alkanes of at least 4 members (excludes halogenated alkanes) is 1. The van der Waals surface area contributed by atoms with Crippen LogP contribution in [0.25, 0.3) is 0 Å². The number of piperidine rings is 1. The second-order valence-corrected chi connectivity index (χ2v) is 9.97. The van der Waals surface area contributed by atoms with Gasteiger partial charge < -0.3 is 11.1 Å². The first-order valence-corrected chi connectivity index (χ1v) is 12.5. The van der Waals surface area contributed by atoms with Crippen molar-refractivity contribution in [3.63, 3.8) is 0 Å². The summed E-state index contributed by atoms with van der Waals surface area (Å²) in [6.07, 6.45) is 8.92. The van der Waals surface area contributed by atoms with E-state index in [1.165, 1.54) is 43.2 Å². The van der Waals surface area contributed by atoms with Crippen molar-refractivity contribution in [3.05, 3.63) is 29.3 Å². The Hall–Kier alpha value is -2.12. The van der Waals surface area contributed by atoms with Crippen LogP contribution in [-0.4, -0.2) is 46.4 Å². The Morgan fingerprint density at radius 2 is 2.00 bits per heavy atom. The van der Waals surface area contributed by atoms with Crippen LogP contribution in [0, 0.1) is 11.3 Å². The molecule has 0 spiro atoms. The van der Waals surface area contributed by atoms with Gasteiger partial charge in [0.25, 0.3) is 0 Å². The van der Waals surface area contributed by atoms with Crippen LogP contribution < -0.4 is 16.5 Å². The summed E-state index contributed by atoms with van der Waals surface area (Å²) in [6, 6.07) is 8.00. The van der Waals surface area contributed by atoms with Gasteiger partial charge in [-0.3, -0.25) is 20.1 Å². The molecule has 176 valence electrons. The van der Waals surface area contributed by atoms with Crippen molar-refractivity contribution in [3.8, 4) is 0 Å². The fourth-order valence-corrected chi connectivity index (χ4v) is 6.12. The number of hydrazine groups is 1. The highest BCUT2D eigenvalue weighted by atomic mass is 16.2. The molecule has 5 N–H and O–H groups in total. The number of guanidine groups is 1. The normalized spacial score (nSPS) is 29.5. The van der Waals surface area contributed by atoms with Crippen LogP contribution in [-0.2, 0) is 11.2 Å². The number of nitrogens with one attached hydrogen (secondary N) is 3. The lowest BCUT2D eigenvalue weighted by molar-refractivity contribution is -0.121. The molecule has 5 atom stereocenters. The summed E-state index contributed by atoms with van der Waals surface area (Å²) >= 11 is 0. The fraction of sp³-hybridized carbons (Fsp3) is 0.680. The summed E-state index contributed by atoms with van der Waals surface area (Å²) in [7, 11) is 0. The molecule has 1 aromatic carbocycles. The maximum absolute atomic E-state index is 13.0. The molecule has 0 aliphatic carbocycles. The summed E-state index contributed by atoms with van der Waals surface area (Å²) in [4.78, 5) is 15.8. The first-order valence-electron chi connectivity index (χ1n) is 12.5. The predicted molar refractivity (Wildman–Crippen MR) is 129 cm³/mol. The average molecular weight is 441 g/mol.